The summed E-state index contributed by atoms with van der Waals surface area (Å²) in [6.07, 6.45) is 0. The largest absolute Gasteiger partial charge is 0.499 e. The lowest BCUT2D eigenvalue weighted by Gasteiger charge is -1.93. The Morgan fingerprint density at radius 3 is 2.85 bits per heavy atom. The van der Waals surface area contributed by atoms with Crippen molar-refractivity contribution in [2.24, 2.45) is 0 Å². The lowest BCUT2D eigenvalue weighted by molar-refractivity contribution is 0.491. The van der Waals surface area contributed by atoms with Crippen LogP contribution in [0.4, 0.5) is 0 Å². The zero-order chi connectivity index (χ0) is 9.42. The van der Waals surface area contributed by atoms with Crippen LogP contribution >= 0.6 is 33.9 Å². The van der Waals surface area contributed by atoms with Gasteiger partial charge >= 0.3 is 0 Å². The Kier molecular flexibility index (Phi) is 2.14. The van der Waals surface area contributed by atoms with E-state index in [1.54, 1.807) is 12.1 Å². The molecule has 0 saturated heterocycles. The Bertz CT molecular complexity index is 512. The average molecular weight is 301 g/mol. The molecule has 0 fully saturated rings. The highest BCUT2D eigenvalue weighted by atomic mass is 127. The first-order valence-electron chi connectivity index (χ1n) is 3.53. The molecular weight excluding hydrogens is 297 g/mol. The molecule has 0 unspecified atom stereocenters. The summed E-state index contributed by atoms with van der Waals surface area (Å²) in [6, 6.07) is 7.42. The van der Waals surface area contributed by atoms with Crippen LogP contribution in [-0.4, -0.2) is 5.11 Å². The Balaban J connectivity index is 2.85. The number of aromatic hydroxyl groups is 1. The molecule has 13 heavy (non-hydrogen) atoms. The number of thiophene rings is 1. The van der Waals surface area contributed by atoms with Gasteiger partial charge in [0.25, 0.3) is 0 Å². The van der Waals surface area contributed by atoms with E-state index >= 15 is 0 Å². The third kappa shape index (κ3) is 1.49. The van der Waals surface area contributed by atoms with Crippen LogP contribution in [0.3, 0.4) is 0 Å². The molecule has 0 spiro atoms. The van der Waals surface area contributed by atoms with Crippen molar-refractivity contribution in [1.82, 2.24) is 0 Å². The van der Waals surface area contributed by atoms with Crippen molar-refractivity contribution in [3.8, 4) is 11.1 Å². The van der Waals surface area contributed by atoms with Crippen LogP contribution in [0.1, 0.15) is 5.56 Å². The van der Waals surface area contributed by atoms with Gasteiger partial charge in [-0.1, -0.05) is 11.3 Å². The predicted molar refractivity (Wildman–Crippen MR) is 60.9 cm³/mol. The van der Waals surface area contributed by atoms with Crippen LogP contribution < -0.4 is 0 Å². The van der Waals surface area contributed by atoms with Crippen molar-refractivity contribution >= 4 is 44.0 Å². The quantitative estimate of drug-likeness (QED) is 0.760. The van der Waals surface area contributed by atoms with E-state index in [1.165, 1.54) is 11.3 Å². The highest BCUT2D eigenvalue weighted by molar-refractivity contribution is 14.1. The summed E-state index contributed by atoms with van der Waals surface area (Å²) in [6.45, 7) is 0. The SMILES string of the molecule is N#Cc1cc(I)c2cc(O)sc2c1. The third-order valence-corrected chi connectivity index (χ3v) is 3.48. The van der Waals surface area contributed by atoms with Gasteiger partial charge in [0.05, 0.1) is 11.6 Å². The standard InChI is InChI=1S/C9H4INOS/c10-7-1-5(4-11)2-8-6(7)3-9(12)13-8/h1-3,12H. The summed E-state index contributed by atoms with van der Waals surface area (Å²) in [7, 11) is 0. The van der Waals surface area contributed by atoms with Crippen molar-refractivity contribution in [2.45, 2.75) is 0 Å². The molecule has 2 aromatic rings. The topological polar surface area (TPSA) is 44.0 Å². The minimum Gasteiger partial charge on any atom is -0.499 e. The monoisotopic (exact) mass is 301 g/mol. The molecule has 2 rings (SSSR count). The average Bonchev–Trinajstić information content (AvgIpc) is 2.46. The van der Waals surface area contributed by atoms with E-state index in [9.17, 15) is 5.11 Å². The van der Waals surface area contributed by atoms with Crippen molar-refractivity contribution in [2.75, 3.05) is 0 Å². The van der Waals surface area contributed by atoms with Crippen molar-refractivity contribution in [3.05, 3.63) is 27.3 Å². The van der Waals surface area contributed by atoms with Crippen LogP contribution in [0.2, 0.25) is 0 Å². The third-order valence-electron chi connectivity index (χ3n) is 1.70. The van der Waals surface area contributed by atoms with Crippen molar-refractivity contribution in [3.63, 3.8) is 0 Å². The number of rotatable bonds is 0. The molecule has 0 radical (unpaired) electrons. The summed E-state index contributed by atoms with van der Waals surface area (Å²) >= 11 is 3.46. The van der Waals surface area contributed by atoms with Gasteiger partial charge in [-0.25, -0.2) is 0 Å². The molecule has 0 bridgehead atoms. The molecule has 0 aliphatic carbocycles. The van der Waals surface area contributed by atoms with Crippen LogP contribution in [-0.2, 0) is 0 Å². The smallest absolute Gasteiger partial charge is 0.172 e. The fourth-order valence-corrected chi connectivity index (χ4v) is 2.98. The molecule has 1 N–H and O–H groups in total. The molecule has 2 nitrogen and oxygen atoms in total. The first kappa shape index (κ1) is 8.78. The molecule has 1 aromatic heterocycles. The number of hydrogen-bond acceptors (Lipinski definition) is 3. The van der Waals surface area contributed by atoms with Crippen LogP contribution in [0, 0.1) is 14.9 Å². The molecule has 0 saturated carbocycles. The van der Waals surface area contributed by atoms with Gasteiger partial charge in [0.15, 0.2) is 5.06 Å². The molecule has 4 heteroatoms. The molecular formula is C9H4INOS. The first-order chi connectivity index (χ1) is 6.20. The summed E-state index contributed by atoms with van der Waals surface area (Å²) in [5, 5.41) is 19.3. The normalized spacial score (nSPS) is 10.2. The number of nitrogens with zero attached hydrogens (tertiary/aromatic N) is 1. The number of benzene rings is 1. The number of halogens is 1. The van der Waals surface area contributed by atoms with Crippen LogP contribution in [0.5, 0.6) is 5.06 Å². The number of fused-ring (bicyclic) bond motifs is 1. The van der Waals surface area contributed by atoms with Gasteiger partial charge < -0.3 is 5.11 Å². The Morgan fingerprint density at radius 1 is 1.38 bits per heavy atom. The second-order valence-corrected chi connectivity index (χ2v) is 4.79. The summed E-state index contributed by atoms with van der Waals surface area (Å²) < 4.78 is 1.96. The van der Waals surface area contributed by atoms with Gasteiger partial charge in [-0.15, -0.1) is 0 Å². The zero-order valence-electron chi connectivity index (χ0n) is 6.41. The maximum Gasteiger partial charge on any atom is 0.172 e. The molecule has 1 heterocycles. The molecule has 64 valence electrons. The lowest BCUT2D eigenvalue weighted by Crippen LogP contribution is -1.76. The van der Waals surface area contributed by atoms with E-state index in [2.05, 4.69) is 28.7 Å². The Hall–Kier alpha value is -0.800. The summed E-state index contributed by atoms with van der Waals surface area (Å²) in [5.74, 6) is 0. The van der Waals surface area contributed by atoms with E-state index in [4.69, 9.17) is 5.26 Å². The number of nitriles is 1. The van der Waals surface area contributed by atoms with E-state index in [1.807, 2.05) is 6.07 Å². The number of hydrogen-bond donors (Lipinski definition) is 1. The van der Waals surface area contributed by atoms with Gasteiger partial charge in [0.2, 0.25) is 0 Å². The van der Waals surface area contributed by atoms with Gasteiger partial charge in [-0.2, -0.15) is 5.26 Å². The van der Waals surface area contributed by atoms with E-state index < -0.39 is 0 Å². The van der Waals surface area contributed by atoms with Gasteiger partial charge in [0.1, 0.15) is 0 Å². The molecule has 0 atom stereocenters. The molecule has 0 aliphatic rings. The zero-order valence-corrected chi connectivity index (χ0v) is 9.39. The summed E-state index contributed by atoms with van der Waals surface area (Å²) in [5.41, 5.74) is 0.638. The van der Waals surface area contributed by atoms with Gasteiger partial charge in [-0.3, -0.25) is 0 Å². The minimum absolute atomic E-state index is 0.294. The van der Waals surface area contributed by atoms with Gasteiger partial charge in [0, 0.05) is 19.7 Å². The van der Waals surface area contributed by atoms with E-state index in [0.29, 0.717) is 10.6 Å². The Morgan fingerprint density at radius 2 is 2.15 bits per heavy atom. The van der Waals surface area contributed by atoms with Crippen LogP contribution in [0.25, 0.3) is 10.1 Å². The molecule has 0 amide bonds. The highest BCUT2D eigenvalue weighted by Crippen LogP contribution is 2.34. The second kappa shape index (κ2) is 3.16. The van der Waals surface area contributed by atoms with Crippen molar-refractivity contribution < 1.29 is 5.11 Å². The minimum atomic E-state index is 0.294. The van der Waals surface area contributed by atoms with E-state index in [-0.39, 0.29) is 0 Å². The maximum atomic E-state index is 9.28. The second-order valence-electron chi connectivity index (χ2n) is 2.57. The predicted octanol–water partition coefficient (Wildman–Crippen LogP) is 3.08. The van der Waals surface area contributed by atoms with Crippen LogP contribution in [0.15, 0.2) is 18.2 Å². The van der Waals surface area contributed by atoms with Gasteiger partial charge in [-0.05, 0) is 34.7 Å². The van der Waals surface area contributed by atoms with E-state index in [0.717, 1.165) is 13.7 Å². The molecule has 1 aromatic carbocycles. The summed E-state index contributed by atoms with van der Waals surface area (Å²) in [4.78, 5) is 0. The first-order valence-corrected chi connectivity index (χ1v) is 5.42. The maximum absolute atomic E-state index is 9.28. The van der Waals surface area contributed by atoms with Crippen molar-refractivity contribution in [1.29, 1.82) is 5.26 Å². The molecule has 0 aliphatic heterocycles. The Labute approximate surface area is 92.6 Å². The fraction of sp³-hybridized carbons (Fsp3) is 0. The highest BCUT2D eigenvalue weighted by Gasteiger charge is 2.05. The fourth-order valence-electron chi connectivity index (χ4n) is 1.15. The lowest BCUT2D eigenvalue weighted by atomic mass is 10.2.